The molecule has 8 heteroatoms. The fourth-order valence-corrected chi connectivity index (χ4v) is 3.91. The molecule has 1 saturated heterocycles. The maximum Gasteiger partial charge on any atom is 0.251 e. The molecule has 1 aliphatic rings. The van der Waals surface area contributed by atoms with Gasteiger partial charge in [0.15, 0.2) is 5.72 Å². The Morgan fingerprint density at radius 2 is 2.17 bits per heavy atom. The highest BCUT2D eigenvalue weighted by Crippen LogP contribution is 2.32. The van der Waals surface area contributed by atoms with Gasteiger partial charge in [-0.05, 0) is 49.9 Å². The zero-order valence-electron chi connectivity index (χ0n) is 16.3. The first-order chi connectivity index (χ1) is 14.0. The van der Waals surface area contributed by atoms with Crippen molar-refractivity contribution in [1.29, 1.82) is 0 Å². The molecule has 1 amide bonds. The Morgan fingerprint density at radius 3 is 2.97 bits per heavy atom. The van der Waals surface area contributed by atoms with Gasteiger partial charge in [0.05, 0.1) is 11.8 Å². The van der Waals surface area contributed by atoms with Crippen LogP contribution in [0, 0.1) is 5.82 Å². The molecule has 4 rings (SSSR count). The van der Waals surface area contributed by atoms with E-state index in [0.29, 0.717) is 18.8 Å². The van der Waals surface area contributed by atoms with E-state index < -0.39 is 17.4 Å². The molecular weight excluding hydrogens is 373 g/mol. The first-order valence-corrected chi connectivity index (χ1v) is 9.77. The van der Waals surface area contributed by atoms with Gasteiger partial charge >= 0.3 is 0 Å². The van der Waals surface area contributed by atoms with Crippen LogP contribution in [0.4, 0.5) is 4.39 Å². The number of likely N-dealkylation sites (tertiary alicyclic amines) is 1. The van der Waals surface area contributed by atoms with Crippen molar-refractivity contribution in [2.45, 2.75) is 38.3 Å². The van der Waals surface area contributed by atoms with Crippen LogP contribution < -0.4 is 10.5 Å². The summed E-state index contributed by atoms with van der Waals surface area (Å²) >= 11 is 0. The topological polar surface area (TPSA) is 85.8 Å². The van der Waals surface area contributed by atoms with Crippen LogP contribution in [0.25, 0.3) is 5.52 Å². The molecule has 1 unspecified atom stereocenters. The lowest BCUT2D eigenvalue weighted by Crippen LogP contribution is -2.54. The maximum atomic E-state index is 14.1. The Kier molecular flexibility index (Phi) is 5.19. The highest BCUT2D eigenvalue weighted by molar-refractivity contribution is 5.93. The molecule has 0 radical (unpaired) electrons. The third kappa shape index (κ3) is 3.93. The number of aromatic nitrogens is 3. The number of ether oxygens (including phenoxy) is 1. The molecule has 3 heterocycles. The van der Waals surface area contributed by atoms with E-state index in [1.54, 1.807) is 29.2 Å². The van der Waals surface area contributed by atoms with Gasteiger partial charge in [-0.25, -0.2) is 13.9 Å². The second kappa shape index (κ2) is 7.79. The van der Waals surface area contributed by atoms with E-state index in [-0.39, 0.29) is 5.56 Å². The van der Waals surface area contributed by atoms with Crippen molar-refractivity contribution in [2.24, 2.45) is 5.73 Å². The highest BCUT2D eigenvalue weighted by atomic mass is 19.1. The number of benzene rings is 1. The summed E-state index contributed by atoms with van der Waals surface area (Å²) in [6.07, 6.45) is 8.84. The number of carbonyl (C=O) groups excluding carboxylic acids is 1. The number of nitrogens with zero attached hydrogens (tertiary/aromatic N) is 4. The van der Waals surface area contributed by atoms with Crippen molar-refractivity contribution >= 4 is 11.4 Å². The van der Waals surface area contributed by atoms with Crippen LogP contribution in [-0.2, 0) is 6.42 Å². The molecule has 3 aromatic rings. The molecule has 2 N–H and O–H groups in total. The number of nitrogens with two attached hydrogens (primary N) is 1. The lowest BCUT2D eigenvalue weighted by atomic mass is 9.98. The second-order valence-corrected chi connectivity index (χ2v) is 7.54. The summed E-state index contributed by atoms with van der Waals surface area (Å²) in [5.41, 5.74) is 6.22. The van der Waals surface area contributed by atoms with E-state index in [4.69, 9.17) is 10.5 Å². The minimum atomic E-state index is -0.757. The zero-order valence-corrected chi connectivity index (χ0v) is 16.3. The van der Waals surface area contributed by atoms with Crippen LogP contribution in [0.3, 0.4) is 0 Å². The largest absolute Gasteiger partial charge is 0.454 e. The average Bonchev–Trinajstić information content (AvgIpc) is 3.17. The zero-order chi connectivity index (χ0) is 20.4. The van der Waals surface area contributed by atoms with Gasteiger partial charge in [0.2, 0.25) is 5.88 Å². The summed E-state index contributed by atoms with van der Waals surface area (Å²) in [6, 6.07) is 6.46. The van der Waals surface area contributed by atoms with Crippen LogP contribution >= 0.6 is 0 Å². The molecule has 0 aliphatic carbocycles. The van der Waals surface area contributed by atoms with Crippen LogP contribution in [0.15, 0.2) is 42.9 Å². The lowest BCUT2D eigenvalue weighted by Gasteiger charge is -2.44. The van der Waals surface area contributed by atoms with Gasteiger partial charge in [0, 0.05) is 31.9 Å². The molecule has 0 spiro atoms. The summed E-state index contributed by atoms with van der Waals surface area (Å²) < 4.78 is 22.2. The van der Waals surface area contributed by atoms with Crippen molar-refractivity contribution in [3.63, 3.8) is 0 Å². The standard InChI is InChI=1S/C21H24FN5O2/c1-21(29-20-18-6-9-25-27(18)13-10-24-20)8-2-3-11-26(21)12-7-15-4-5-16(19(23)28)17(22)14-15/h4-6,9-10,13-14H,2-3,7-8,11-12H2,1H3,(H2,23,28). The summed E-state index contributed by atoms with van der Waals surface area (Å²) in [5.74, 6) is -0.784. The Balaban J connectivity index is 1.50. The predicted octanol–water partition coefficient (Wildman–Crippen LogP) is 2.79. The molecule has 1 aliphatic heterocycles. The van der Waals surface area contributed by atoms with Gasteiger partial charge in [-0.2, -0.15) is 5.10 Å². The number of piperidine rings is 1. The first-order valence-electron chi connectivity index (χ1n) is 9.77. The number of rotatable bonds is 6. The molecule has 0 bridgehead atoms. The molecule has 152 valence electrons. The number of carbonyl (C=O) groups is 1. The van der Waals surface area contributed by atoms with E-state index in [9.17, 15) is 9.18 Å². The number of amides is 1. The van der Waals surface area contributed by atoms with Gasteiger partial charge in [-0.1, -0.05) is 6.07 Å². The number of halogens is 1. The summed E-state index contributed by atoms with van der Waals surface area (Å²) in [4.78, 5) is 17.9. The normalized spacial score (nSPS) is 20.1. The van der Waals surface area contributed by atoms with E-state index in [0.717, 1.165) is 36.9 Å². The van der Waals surface area contributed by atoms with Gasteiger partial charge in [-0.3, -0.25) is 9.69 Å². The molecular formula is C21H24FN5O2. The Bertz CT molecular complexity index is 1040. The number of hydrogen-bond donors (Lipinski definition) is 1. The van der Waals surface area contributed by atoms with Crippen molar-refractivity contribution in [3.05, 3.63) is 59.8 Å². The smallest absolute Gasteiger partial charge is 0.251 e. The summed E-state index contributed by atoms with van der Waals surface area (Å²) in [6.45, 7) is 3.67. The summed E-state index contributed by atoms with van der Waals surface area (Å²) in [5, 5.41) is 4.23. The van der Waals surface area contributed by atoms with Gasteiger partial charge in [-0.15, -0.1) is 0 Å². The highest BCUT2D eigenvalue weighted by Gasteiger charge is 2.37. The van der Waals surface area contributed by atoms with Crippen LogP contribution in [0.1, 0.15) is 42.1 Å². The monoisotopic (exact) mass is 397 g/mol. The number of hydrogen-bond acceptors (Lipinski definition) is 5. The van der Waals surface area contributed by atoms with Crippen LogP contribution in [0.2, 0.25) is 0 Å². The molecule has 1 fully saturated rings. The molecule has 1 aromatic carbocycles. The molecule has 2 aromatic heterocycles. The van der Waals surface area contributed by atoms with Crippen molar-refractivity contribution < 1.29 is 13.9 Å². The molecule has 1 atom stereocenters. The Labute approximate surface area is 168 Å². The van der Waals surface area contributed by atoms with E-state index in [1.165, 1.54) is 12.1 Å². The lowest BCUT2D eigenvalue weighted by molar-refractivity contribution is -0.0969. The summed E-state index contributed by atoms with van der Waals surface area (Å²) in [7, 11) is 0. The quantitative estimate of drug-likeness (QED) is 0.691. The Morgan fingerprint density at radius 1 is 1.31 bits per heavy atom. The van der Waals surface area contributed by atoms with E-state index >= 15 is 0 Å². The Hall–Kier alpha value is -3.00. The fourth-order valence-electron chi connectivity index (χ4n) is 3.91. The molecule has 7 nitrogen and oxygen atoms in total. The molecule has 0 saturated carbocycles. The maximum absolute atomic E-state index is 14.1. The SMILES string of the molecule is CC1(Oc2nccn3nccc23)CCCCN1CCc1ccc(C(N)=O)c(F)c1. The minimum absolute atomic E-state index is 0.0835. The third-order valence-corrected chi connectivity index (χ3v) is 5.56. The van der Waals surface area contributed by atoms with Crippen molar-refractivity contribution in [2.75, 3.05) is 13.1 Å². The van der Waals surface area contributed by atoms with Crippen molar-refractivity contribution in [1.82, 2.24) is 19.5 Å². The molecule has 29 heavy (non-hydrogen) atoms. The average molecular weight is 397 g/mol. The number of fused-ring (bicyclic) bond motifs is 1. The van der Waals surface area contributed by atoms with Gasteiger partial charge < -0.3 is 10.5 Å². The van der Waals surface area contributed by atoms with Crippen molar-refractivity contribution in [3.8, 4) is 5.88 Å². The van der Waals surface area contributed by atoms with E-state index in [2.05, 4.69) is 21.9 Å². The van der Waals surface area contributed by atoms with Gasteiger partial charge in [0.1, 0.15) is 11.3 Å². The van der Waals surface area contributed by atoms with Crippen LogP contribution in [-0.4, -0.2) is 44.2 Å². The number of primary amides is 1. The van der Waals surface area contributed by atoms with Gasteiger partial charge in [0.25, 0.3) is 5.91 Å². The fraction of sp³-hybridized carbons (Fsp3) is 0.381. The third-order valence-electron chi connectivity index (χ3n) is 5.56. The second-order valence-electron chi connectivity index (χ2n) is 7.54. The predicted molar refractivity (Wildman–Crippen MR) is 106 cm³/mol. The minimum Gasteiger partial charge on any atom is -0.454 e. The van der Waals surface area contributed by atoms with Crippen LogP contribution in [0.5, 0.6) is 5.88 Å². The first kappa shape index (κ1) is 19.3. The van der Waals surface area contributed by atoms with E-state index in [1.807, 2.05) is 6.07 Å².